The Morgan fingerprint density at radius 1 is 1.21 bits per heavy atom. The second-order valence-electron chi connectivity index (χ2n) is 5.05. The fourth-order valence-corrected chi connectivity index (χ4v) is 1.57. The van der Waals surface area contributed by atoms with Crippen molar-refractivity contribution in [3.63, 3.8) is 0 Å². The van der Waals surface area contributed by atoms with Crippen molar-refractivity contribution >= 4 is 11.9 Å². The van der Waals surface area contributed by atoms with E-state index in [0.29, 0.717) is 23.8 Å². The molecule has 0 saturated carbocycles. The van der Waals surface area contributed by atoms with Gasteiger partial charge in [0, 0.05) is 20.6 Å². The van der Waals surface area contributed by atoms with Crippen LogP contribution in [0.1, 0.15) is 34.1 Å². The Balaban J connectivity index is 2.92. The van der Waals surface area contributed by atoms with E-state index in [0.717, 1.165) is 13.0 Å². The van der Waals surface area contributed by atoms with Crippen molar-refractivity contribution in [1.82, 2.24) is 15.0 Å². The lowest BCUT2D eigenvalue weighted by atomic mass is 10.1. The molecule has 6 heteroatoms. The first-order valence-corrected chi connectivity index (χ1v) is 6.77. The van der Waals surface area contributed by atoms with Crippen LogP contribution in [0.3, 0.4) is 0 Å². The fraction of sp³-hybridized carbons (Fsp3) is 0.769. The summed E-state index contributed by atoms with van der Waals surface area (Å²) in [7, 11) is 3.77. The molecule has 0 aliphatic rings. The summed E-state index contributed by atoms with van der Waals surface area (Å²) in [5.74, 6) is 1.75. The quantitative estimate of drug-likeness (QED) is 0.817. The standard InChI is InChI=1S/C13H25N5O/c1-7-10(4)8-18(6)12-15-11(14-5)16-13(17-12)19-9(2)3/h9-10H,7-8H2,1-6H3,(H,14,15,16,17). The van der Waals surface area contributed by atoms with Gasteiger partial charge >= 0.3 is 6.01 Å². The molecule has 1 aromatic heterocycles. The normalized spacial score (nSPS) is 12.4. The van der Waals surface area contributed by atoms with Crippen molar-refractivity contribution in [1.29, 1.82) is 0 Å². The van der Waals surface area contributed by atoms with Crippen LogP contribution in [-0.2, 0) is 0 Å². The first-order chi connectivity index (χ1) is 8.96. The van der Waals surface area contributed by atoms with E-state index in [1.165, 1.54) is 0 Å². The van der Waals surface area contributed by atoms with Crippen LogP contribution in [0, 0.1) is 5.92 Å². The zero-order chi connectivity index (χ0) is 14.4. The average molecular weight is 267 g/mol. The maximum atomic E-state index is 5.55. The van der Waals surface area contributed by atoms with Crippen LogP contribution in [0.4, 0.5) is 11.9 Å². The summed E-state index contributed by atoms with van der Waals surface area (Å²) < 4.78 is 5.55. The third-order valence-electron chi connectivity index (χ3n) is 2.79. The largest absolute Gasteiger partial charge is 0.461 e. The minimum Gasteiger partial charge on any atom is -0.461 e. The average Bonchev–Trinajstić information content (AvgIpc) is 2.37. The Morgan fingerprint density at radius 2 is 1.89 bits per heavy atom. The summed E-state index contributed by atoms with van der Waals surface area (Å²) in [5, 5.41) is 2.93. The molecule has 0 bridgehead atoms. The Labute approximate surface area is 115 Å². The molecule has 0 aliphatic carbocycles. The van der Waals surface area contributed by atoms with E-state index < -0.39 is 0 Å². The van der Waals surface area contributed by atoms with Crippen molar-refractivity contribution in [2.75, 3.05) is 30.9 Å². The van der Waals surface area contributed by atoms with Gasteiger partial charge in [-0.3, -0.25) is 0 Å². The number of rotatable bonds is 7. The van der Waals surface area contributed by atoms with E-state index >= 15 is 0 Å². The van der Waals surface area contributed by atoms with Crippen LogP contribution < -0.4 is 15.0 Å². The molecule has 0 spiro atoms. The fourth-order valence-electron chi connectivity index (χ4n) is 1.57. The highest BCUT2D eigenvalue weighted by atomic mass is 16.5. The SMILES string of the molecule is CCC(C)CN(C)c1nc(NC)nc(OC(C)C)n1. The van der Waals surface area contributed by atoms with Gasteiger partial charge in [0.2, 0.25) is 11.9 Å². The van der Waals surface area contributed by atoms with E-state index in [1.807, 2.05) is 25.8 Å². The van der Waals surface area contributed by atoms with E-state index in [9.17, 15) is 0 Å². The molecule has 1 atom stereocenters. The number of nitrogens with one attached hydrogen (secondary N) is 1. The Hall–Kier alpha value is -1.59. The van der Waals surface area contributed by atoms with Crippen molar-refractivity contribution in [3.05, 3.63) is 0 Å². The molecular weight excluding hydrogens is 242 g/mol. The molecule has 1 rings (SSSR count). The Morgan fingerprint density at radius 3 is 2.42 bits per heavy atom. The zero-order valence-electron chi connectivity index (χ0n) is 12.8. The molecule has 0 aliphatic heterocycles. The molecule has 6 nitrogen and oxygen atoms in total. The van der Waals surface area contributed by atoms with Crippen molar-refractivity contribution < 1.29 is 4.74 Å². The molecule has 1 unspecified atom stereocenters. The third-order valence-corrected chi connectivity index (χ3v) is 2.79. The van der Waals surface area contributed by atoms with Gasteiger partial charge < -0.3 is 15.0 Å². The minimum atomic E-state index is 0.0415. The van der Waals surface area contributed by atoms with Gasteiger partial charge in [0.15, 0.2) is 0 Å². The lowest BCUT2D eigenvalue weighted by Crippen LogP contribution is -2.26. The van der Waals surface area contributed by atoms with Crippen LogP contribution >= 0.6 is 0 Å². The number of nitrogens with zero attached hydrogens (tertiary/aromatic N) is 4. The Bertz CT molecular complexity index is 397. The van der Waals surface area contributed by atoms with Crippen LogP contribution in [0.2, 0.25) is 0 Å². The number of aromatic nitrogens is 3. The van der Waals surface area contributed by atoms with Gasteiger partial charge in [0.05, 0.1) is 6.10 Å². The van der Waals surface area contributed by atoms with Crippen LogP contribution in [0.5, 0.6) is 6.01 Å². The van der Waals surface area contributed by atoms with E-state index in [1.54, 1.807) is 7.05 Å². The second-order valence-corrected chi connectivity index (χ2v) is 5.05. The van der Waals surface area contributed by atoms with Crippen LogP contribution in [0.25, 0.3) is 0 Å². The molecule has 0 aromatic carbocycles. The van der Waals surface area contributed by atoms with Crippen molar-refractivity contribution in [2.45, 2.75) is 40.2 Å². The van der Waals surface area contributed by atoms with Gasteiger partial charge in [-0.25, -0.2) is 0 Å². The lowest BCUT2D eigenvalue weighted by molar-refractivity contribution is 0.222. The molecule has 1 N–H and O–H groups in total. The second kappa shape index (κ2) is 7.11. The number of hydrogen-bond acceptors (Lipinski definition) is 6. The van der Waals surface area contributed by atoms with Crippen molar-refractivity contribution in [3.8, 4) is 6.01 Å². The predicted octanol–water partition coefficient (Wildman–Crippen LogP) is 2.18. The predicted molar refractivity (Wildman–Crippen MR) is 77.9 cm³/mol. The molecular formula is C13H25N5O. The van der Waals surface area contributed by atoms with E-state index in [4.69, 9.17) is 4.74 Å². The summed E-state index contributed by atoms with van der Waals surface area (Å²) in [6.45, 7) is 9.20. The highest BCUT2D eigenvalue weighted by Gasteiger charge is 2.13. The monoisotopic (exact) mass is 267 g/mol. The third kappa shape index (κ3) is 4.89. The highest BCUT2D eigenvalue weighted by Crippen LogP contribution is 2.16. The topological polar surface area (TPSA) is 63.2 Å². The molecule has 1 heterocycles. The first kappa shape index (κ1) is 15.5. The molecule has 0 fully saturated rings. The highest BCUT2D eigenvalue weighted by molar-refractivity contribution is 5.37. The minimum absolute atomic E-state index is 0.0415. The van der Waals surface area contributed by atoms with Gasteiger partial charge in [-0.1, -0.05) is 20.3 Å². The summed E-state index contributed by atoms with van der Waals surface area (Å²) in [6, 6.07) is 0.361. The van der Waals surface area contributed by atoms with Crippen LogP contribution in [0.15, 0.2) is 0 Å². The molecule has 0 amide bonds. The number of hydrogen-bond donors (Lipinski definition) is 1. The van der Waals surface area contributed by atoms with E-state index in [2.05, 4.69) is 34.1 Å². The maximum absolute atomic E-state index is 5.55. The molecule has 19 heavy (non-hydrogen) atoms. The lowest BCUT2D eigenvalue weighted by Gasteiger charge is -2.21. The van der Waals surface area contributed by atoms with Gasteiger partial charge in [-0.2, -0.15) is 15.0 Å². The molecule has 0 saturated heterocycles. The number of anilines is 2. The van der Waals surface area contributed by atoms with Gasteiger partial charge in [0.25, 0.3) is 0 Å². The summed E-state index contributed by atoms with van der Waals surface area (Å²) in [5.41, 5.74) is 0. The van der Waals surface area contributed by atoms with Crippen molar-refractivity contribution in [2.24, 2.45) is 5.92 Å². The van der Waals surface area contributed by atoms with Gasteiger partial charge in [-0.15, -0.1) is 0 Å². The van der Waals surface area contributed by atoms with Crippen LogP contribution in [-0.4, -0.2) is 41.7 Å². The maximum Gasteiger partial charge on any atom is 0.323 e. The summed E-state index contributed by atoms with van der Waals surface area (Å²) >= 11 is 0. The molecule has 108 valence electrons. The number of ether oxygens (including phenoxy) is 1. The zero-order valence-corrected chi connectivity index (χ0v) is 12.8. The summed E-state index contributed by atoms with van der Waals surface area (Å²) in [6.07, 6.45) is 1.17. The molecule has 1 aromatic rings. The van der Waals surface area contributed by atoms with Gasteiger partial charge in [-0.05, 0) is 19.8 Å². The Kier molecular flexibility index (Phi) is 5.79. The van der Waals surface area contributed by atoms with E-state index in [-0.39, 0.29) is 6.10 Å². The molecule has 0 radical (unpaired) electrons. The van der Waals surface area contributed by atoms with Gasteiger partial charge in [0.1, 0.15) is 0 Å². The summed E-state index contributed by atoms with van der Waals surface area (Å²) in [4.78, 5) is 14.9. The first-order valence-electron chi connectivity index (χ1n) is 6.77. The smallest absolute Gasteiger partial charge is 0.323 e.